The van der Waals surface area contributed by atoms with Gasteiger partial charge in [-0.25, -0.2) is 8.42 Å². The summed E-state index contributed by atoms with van der Waals surface area (Å²) in [6.07, 6.45) is 2.67. The van der Waals surface area contributed by atoms with E-state index in [4.69, 9.17) is 5.11 Å². The molecule has 0 amide bonds. The predicted octanol–water partition coefficient (Wildman–Crippen LogP) is 2.91. The van der Waals surface area contributed by atoms with Gasteiger partial charge in [0.25, 0.3) is 0 Å². The van der Waals surface area contributed by atoms with Gasteiger partial charge in [-0.05, 0) is 30.9 Å². The number of sulfonamides is 1. The summed E-state index contributed by atoms with van der Waals surface area (Å²) in [5, 5.41) is 9.02. The van der Waals surface area contributed by atoms with Crippen LogP contribution in [0.15, 0.2) is 24.3 Å². The van der Waals surface area contributed by atoms with E-state index in [9.17, 15) is 8.42 Å². The van der Waals surface area contributed by atoms with Crippen molar-refractivity contribution in [3.05, 3.63) is 35.4 Å². The predicted molar refractivity (Wildman–Crippen MR) is 86.4 cm³/mol. The fourth-order valence-electron chi connectivity index (χ4n) is 2.19. The van der Waals surface area contributed by atoms with Gasteiger partial charge in [-0.3, -0.25) is 0 Å². The lowest BCUT2D eigenvalue weighted by atomic mass is 10.2. The lowest BCUT2D eigenvalue weighted by Crippen LogP contribution is -2.39. The van der Waals surface area contributed by atoms with Crippen LogP contribution in [0.25, 0.3) is 0 Å². The Bertz CT molecular complexity index is 511. The maximum absolute atomic E-state index is 12.6. The summed E-state index contributed by atoms with van der Waals surface area (Å²) in [6, 6.07) is 7.11. The second-order valence-electron chi connectivity index (χ2n) is 5.45. The zero-order valence-corrected chi connectivity index (χ0v) is 14.1. The second-order valence-corrected chi connectivity index (χ2v) is 7.37. The third-order valence-corrected chi connectivity index (χ3v) is 5.68. The molecule has 0 fully saturated rings. The van der Waals surface area contributed by atoms with Crippen molar-refractivity contribution in [3.63, 3.8) is 0 Å². The van der Waals surface area contributed by atoms with Gasteiger partial charge >= 0.3 is 0 Å². The van der Waals surface area contributed by atoms with Crippen LogP contribution in [0.5, 0.6) is 0 Å². The van der Waals surface area contributed by atoms with Crippen LogP contribution in [-0.2, 0) is 22.4 Å². The standard InChI is InChI=1S/C16H27NO3S/c1-4-6-11-17(14(3)5-2)21(19,20)13-16-9-7-15(12-18)8-10-16/h7-10,14,18H,4-6,11-13H2,1-3H3. The van der Waals surface area contributed by atoms with Crippen LogP contribution in [0.2, 0.25) is 0 Å². The first-order chi connectivity index (χ1) is 9.94. The Morgan fingerprint density at radius 2 is 1.71 bits per heavy atom. The van der Waals surface area contributed by atoms with E-state index in [1.54, 1.807) is 28.6 Å². The molecule has 0 heterocycles. The monoisotopic (exact) mass is 313 g/mol. The Morgan fingerprint density at radius 1 is 1.14 bits per heavy atom. The molecule has 4 nitrogen and oxygen atoms in total. The average molecular weight is 313 g/mol. The van der Waals surface area contributed by atoms with Crippen LogP contribution in [0, 0.1) is 0 Å². The maximum Gasteiger partial charge on any atom is 0.218 e. The summed E-state index contributed by atoms with van der Waals surface area (Å²) in [5.41, 5.74) is 1.55. The van der Waals surface area contributed by atoms with E-state index < -0.39 is 10.0 Å². The molecule has 0 spiro atoms. The largest absolute Gasteiger partial charge is 0.392 e. The van der Waals surface area contributed by atoms with E-state index in [0.717, 1.165) is 30.4 Å². The summed E-state index contributed by atoms with van der Waals surface area (Å²) >= 11 is 0. The molecule has 1 rings (SSSR count). The lowest BCUT2D eigenvalue weighted by Gasteiger charge is -2.27. The fourth-order valence-corrected chi connectivity index (χ4v) is 4.07. The summed E-state index contributed by atoms with van der Waals surface area (Å²) in [4.78, 5) is 0. The SMILES string of the molecule is CCCCN(C(C)CC)S(=O)(=O)Cc1ccc(CO)cc1. The lowest BCUT2D eigenvalue weighted by molar-refractivity contribution is 0.282. The highest BCUT2D eigenvalue weighted by Crippen LogP contribution is 2.17. The molecule has 0 aliphatic carbocycles. The molecule has 1 aromatic rings. The van der Waals surface area contributed by atoms with Gasteiger partial charge in [-0.15, -0.1) is 0 Å². The molecule has 5 heteroatoms. The van der Waals surface area contributed by atoms with E-state index in [2.05, 4.69) is 6.92 Å². The quantitative estimate of drug-likeness (QED) is 0.762. The second kappa shape index (κ2) is 8.51. The van der Waals surface area contributed by atoms with Crippen molar-refractivity contribution in [3.8, 4) is 0 Å². The van der Waals surface area contributed by atoms with Crippen molar-refractivity contribution < 1.29 is 13.5 Å². The number of rotatable bonds is 9. The minimum atomic E-state index is -3.31. The van der Waals surface area contributed by atoms with Crippen LogP contribution in [0.4, 0.5) is 0 Å². The van der Waals surface area contributed by atoms with Gasteiger partial charge < -0.3 is 5.11 Å². The minimum Gasteiger partial charge on any atom is -0.392 e. The third-order valence-electron chi connectivity index (χ3n) is 3.73. The fraction of sp³-hybridized carbons (Fsp3) is 0.625. The van der Waals surface area contributed by atoms with Gasteiger partial charge in [0.15, 0.2) is 0 Å². The number of benzene rings is 1. The number of hydrogen-bond donors (Lipinski definition) is 1. The zero-order chi connectivity index (χ0) is 15.9. The molecule has 1 aromatic carbocycles. The number of hydrogen-bond acceptors (Lipinski definition) is 3. The summed E-state index contributed by atoms with van der Waals surface area (Å²) in [7, 11) is -3.31. The van der Waals surface area contributed by atoms with Crippen molar-refractivity contribution in [1.82, 2.24) is 4.31 Å². The van der Waals surface area contributed by atoms with Gasteiger partial charge in [-0.1, -0.05) is 44.5 Å². The molecule has 0 aliphatic heterocycles. The van der Waals surface area contributed by atoms with Gasteiger partial charge in [0.1, 0.15) is 0 Å². The topological polar surface area (TPSA) is 57.6 Å². The molecule has 1 N–H and O–H groups in total. The number of nitrogens with zero attached hydrogens (tertiary/aromatic N) is 1. The Morgan fingerprint density at radius 3 is 2.19 bits per heavy atom. The van der Waals surface area contributed by atoms with Crippen LogP contribution in [0.3, 0.4) is 0 Å². The molecule has 0 saturated heterocycles. The Hall–Kier alpha value is -0.910. The average Bonchev–Trinajstić information content (AvgIpc) is 2.47. The first-order valence-electron chi connectivity index (χ1n) is 7.62. The minimum absolute atomic E-state index is 0.0206. The first kappa shape index (κ1) is 18.1. The van der Waals surface area contributed by atoms with Crippen LogP contribution >= 0.6 is 0 Å². The van der Waals surface area contributed by atoms with E-state index in [-0.39, 0.29) is 18.4 Å². The van der Waals surface area contributed by atoms with E-state index in [1.165, 1.54) is 0 Å². The number of unbranched alkanes of at least 4 members (excludes halogenated alkanes) is 1. The molecule has 0 bridgehead atoms. The van der Waals surface area contributed by atoms with Crippen molar-refractivity contribution in [2.75, 3.05) is 6.54 Å². The highest BCUT2D eigenvalue weighted by atomic mass is 32.2. The molecule has 0 radical (unpaired) electrons. The van der Waals surface area contributed by atoms with Crippen molar-refractivity contribution in [1.29, 1.82) is 0 Å². The third kappa shape index (κ3) is 5.41. The highest BCUT2D eigenvalue weighted by Gasteiger charge is 2.25. The maximum atomic E-state index is 12.6. The highest BCUT2D eigenvalue weighted by molar-refractivity contribution is 7.88. The van der Waals surface area contributed by atoms with Crippen LogP contribution in [0.1, 0.15) is 51.2 Å². The smallest absolute Gasteiger partial charge is 0.218 e. The molecule has 1 unspecified atom stereocenters. The normalized spacial score (nSPS) is 13.6. The Balaban J connectivity index is 2.88. The van der Waals surface area contributed by atoms with Gasteiger partial charge in [0.2, 0.25) is 10.0 Å². The first-order valence-corrected chi connectivity index (χ1v) is 9.23. The Kier molecular flexibility index (Phi) is 7.35. The molecular weight excluding hydrogens is 286 g/mol. The van der Waals surface area contributed by atoms with Gasteiger partial charge in [0, 0.05) is 12.6 Å². The molecule has 1 atom stereocenters. The molecule has 0 saturated carbocycles. The van der Waals surface area contributed by atoms with E-state index in [1.807, 2.05) is 13.8 Å². The summed E-state index contributed by atoms with van der Waals surface area (Å²) in [5.74, 6) is 0.0206. The molecule has 0 aromatic heterocycles. The van der Waals surface area contributed by atoms with Crippen molar-refractivity contribution in [2.24, 2.45) is 0 Å². The Labute approximate surface area is 128 Å². The zero-order valence-electron chi connectivity index (χ0n) is 13.2. The van der Waals surface area contributed by atoms with Gasteiger partial charge in [-0.2, -0.15) is 4.31 Å². The van der Waals surface area contributed by atoms with Crippen LogP contribution in [-0.4, -0.2) is 30.4 Å². The summed E-state index contributed by atoms with van der Waals surface area (Å²) in [6.45, 7) is 6.59. The van der Waals surface area contributed by atoms with Gasteiger partial charge in [0.05, 0.1) is 12.4 Å². The van der Waals surface area contributed by atoms with Crippen LogP contribution < -0.4 is 0 Å². The molecular formula is C16H27NO3S. The number of aliphatic hydroxyl groups excluding tert-OH is 1. The van der Waals surface area contributed by atoms with Crippen molar-refractivity contribution >= 4 is 10.0 Å². The van der Waals surface area contributed by atoms with E-state index in [0.29, 0.717) is 6.54 Å². The molecule has 21 heavy (non-hydrogen) atoms. The molecule has 120 valence electrons. The van der Waals surface area contributed by atoms with E-state index >= 15 is 0 Å². The summed E-state index contributed by atoms with van der Waals surface area (Å²) < 4.78 is 26.9. The van der Waals surface area contributed by atoms with Crippen molar-refractivity contribution in [2.45, 2.75) is 58.4 Å². The molecule has 0 aliphatic rings. The number of aliphatic hydroxyl groups is 1.